The van der Waals surface area contributed by atoms with Crippen molar-refractivity contribution in [3.8, 4) is 0 Å². The van der Waals surface area contributed by atoms with E-state index in [2.05, 4.69) is 4.99 Å². The Morgan fingerprint density at radius 3 is 2.56 bits per heavy atom. The number of quaternary nitrogens is 1. The lowest BCUT2D eigenvalue weighted by molar-refractivity contribution is -0.146. The summed E-state index contributed by atoms with van der Waals surface area (Å²) >= 11 is 6.30. The van der Waals surface area contributed by atoms with E-state index in [9.17, 15) is 14.0 Å². The van der Waals surface area contributed by atoms with Gasteiger partial charge in [-0.15, -0.1) is 0 Å². The van der Waals surface area contributed by atoms with Crippen molar-refractivity contribution >= 4 is 40.6 Å². The Bertz CT molecular complexity index is 1220. The lowest BCUT2D eigenvalue weighted by Crippen LogP contribution is -2.54. The summed E-state index contributed by atoms with van der Waals surface area (Å²) < 4.78 is 19.2. The molecule has 32 heavy (non-hydrogen) atoms. The number of halogens is 2. The van der Waals surface area contributed by atoms with Gasteiger partial charge in [-0.05, 0) is 51.1 Å². The Balaban J connectivity index is 1.92. The molecule has 0 fully saturated rings. The van der Waals surface area contributed by atoms with Crippen LogP contribution in [0.4, 0.5) is 15.8 Å². The number of allylic oxidation sites excluding steroid dienone is 1. The van der Waals surface area contributed by atoms with Crippen LogP contribution < -0.4 is 9.38 Å². The van der Waals surface area contributed by atoms with Crippen LogP contribution in [0.5, 0.6) is 0 Å². The van der Waals surface area contributed by atoms with E-state index >= 15 is 0 Å². The maximum absolute atomic E-state index is 13.9. The molecule has 0 N–H and O–H groups in total. The summed E-state index contributed by atoms with van der Waals surface area (Å²) in [5, 5.41) is 0.462. The Hall–Kier alpha value is -3.03. The second kappa shape index (κ2) is 7.53. The quantitative estimate of drug-likeness (QED) is 0.468. The number of carbonyl (C=O) groups excluding carboxylic acids is 2. The van der Waals surface area contributed by atoms with Crippen LogP contribution in [0.1, 0.15) is 38.1 Å². The number of benzene rings is 2. The smallest absolute Gasteiger partial charge is 0.359 e. The average molecular weight is 457 g/mol. The zero-order chi connectivity index (χ0) is 23.4. The van der Waals surface area contributed by atoms with Crippen molar-refractivity contribution in [2.24, 2.45) is 4.99 Å². The molecule has 166 valence electrons. The van der Waals surface area contributed by atoms with Gasteiger partial charge in [0.05, 0.1) is 12.6 Å². The molecule has 2 aliphatic rings. The molecular formula is C24H24ClFN3O3+. The van der Waals surface area contributed by atoms with Crippen molar-refractivity contribution in [3.05, 3.63) is 70.3 Å². The van der Waals surface area contributed by atoms with Crippen molar-refractivity contribution < 1.29 is 18.7 Å². The summed E-state index contributed by atoms with van der Waals surface area (Å²) in [4.78, 5) is 33.1. The minimum atomic E-state index is -0.697. The van der Waals surface area contributed by atoms with E-state index in [0.717, 1.165) is 0 Å². The molecule has 0 aliphatic carbocycles. The number of hydrogen-bond donors (Lipinski definition) is 0. The van der Waals surface area contributed by atoms with Crippen LogP contribution in [0, 0.1) is 5.82 Å². The summed E-state index contributed by atoms with van der Waals surface area (Å²) in [6, 6.07) is 10.8. The minimum Gasteiger partial charge on any atom is -0.455 e. The maximum atomic E-state index is 13.9. The third kappa shape index (κ3) is 3.51. The van der Waals surface area contributed by atoms with Crippen molar-refractivity contribution in [1.82, 2.24) is 4.48 Å². The van der Waals surface area contributed by atoms with Crippen LogP contribution in [0.2, 0.25) is 5.02 Å². The summed E-state index contributed by atoms with van der Waals surface area (Å²) in [7, 11) is 1.72. The second-order valence-corrected chi connectivity index (χ2v) is 9.40. The highest BCUT2D eigenvalue weighted by molar-refractivity contribution is 6.45. The molecular weight excluding hydrogens is 433 g/mol. The van der Waals surface area contributed by atoms with E-state index in [1.807, 2.05) is 4.90 Å². The number of anilines is 1. The van der Waals surface area contributed by atoms with Gasteiger partial charge in [-0.3, -0.25) is 4.99 Å². The molecule has 0 saturated heterocycles. The van der Waals surface area contributed by atoms with Gasteiger partial charge in [0.2, 0.25) is 0 Å². The van der Waals surface area contributed by atoms with Gasteiger partial charge in [-0.2, -0.15) is 4.48 Å². The fourth-order valence-electron chi connectivity index (χ4n) is 4.08. The molecule has 1 atom stereocenters. The monoisotopic (exact) mass is 456 g/mol. The van der Waals surface area contributed by atoms with Gasteiger partial charge in [0.15, 0.2) is 11.4 Å². The van der Waals surface area contributed by atoms with E-state index in [-0.39, 0.29) is 28.3 Å². The highest BCUT2D eigenvalue weighted by Gasteiger charge is 2.50. The zero-order valence-corrected chi connectivity index (χ0v) is 19.3. The number of carbonyl (C=O) groups is 2. The Kier molecular flexibility index (Phi) is 5.22. The number of rotatable bonds is 2. The van der Waals surface area contributed by atoms with Crippen LogP contribution in [-0.4, -0.2) is 36.9 Å². The first kappa shape index (κ1) is 22.2. The van der Waals surface area contributed by atoms with Gasteiger partial charge in [0, 0.05) is 18.0 Å². The van der Waals surface area contributed by atoms with Crippen molar-refractivity contribution in [2.45, 2.75) is 33.3 Å². The first-order valence-corrected chi connectivity index (χ1v) is 10.6. The van der Waals surface area contributed by atoms with Crippen LogP contribution >= 0.6 is 11.6 Å². The SMILES string of the molecule is CC1=C2C(C(=O)OC(C)(C)C)=NCN2c2ccc(Cl)cc2[N+]1(C)C(=O)c1cccc(F)c1. The number of fused-ring (bicyclic) bond motifs is 3. The predicted molar refractivity (Wildman–Crippen MR) is 123 cm³/mol. The Labute approximate surface area is 191 Å². The summed E-state index contributed by atoms with van der Waals surface area (Å²) in [5.41, 5.74) is 2.07. The fraction of sp³-hybridized carbons (Fsp3) is 0.292. The van der Waals surface area contributed by atoms with Gasteiger partial charge in [0.25, 0.3) is 0 Å². The van der Waals surface area contributed by atoms with Gasteiger partial charge < -0.3 is 9.64 Å². The van der Waals surface area contributed by atoms with Crippen LogP contribution in [0.15, 0.2) is 58.9 Å². The van der Waals surface area contributed by atoms with Crippen LogP contribution in [0.3, 0.4) is 0 Å². The highest BCUT2D eigenvalue weighted by Crippen LogP contribution is 2.47. The molecule has 1 unspecified atom stereocenters. The molecule has 2 aromatic rings. The largest absolute Gasteiger partial charge is 0.455 e. The summed E-state index contributed by atoms with van der Waals surface area (Å²) in [6.45, 7) is 7.33. The third-order valence-corrected chi connectivity index (χ3v) is 5.89. The molecule has 2 aliphatic heterocycles. The maximum Gasteiger partial charge on any atom is 0.359 e. The van der Waals surface area contributed by atoms with E-state index in [0.29, 0.717) is 27.8 Å². The summed E-state index contributed by atoms with van der Waals surface area (Å²) in [5.74, 6) is -1.42. The highest BCUT2D eigenvalue weighted by atomic mass is 35.5. The first-order chi connectivity index (χ1) is 14.9. The Morgan fingerprint density at radius 2 is 1.91 bits per heavy atom. The molecule has 0 saturated carbocycles. The topological polar surface area (TPSA) is 59.0 Å². The van der Waals surface area contributed by atoms with E-state index < -0.39 is 17.4 Å². The van der Waals surface area contributed by atoms with Gasteiger partial charge in [0.1, 0.15) is 35.2 Å². The zero-order valence-electron chi connectivity index (χ0n) is 18.6. The number of amides is 1. The average Bonchev–Trinajstić information content (AvgIpc) is 3.15. The second-order valence-electron chi connectivity index (χ2n) is 8.97. The molecule has 1 amide bonds. The van der Waals surface area contributed by atoms with Gasteiger partial charge in [-0.1, -0.05) is 17.7 Å². The van der Waals surface area contributed by atoms with Crippen molar-refractivity contribution in [2.75, 3.05) is 18.6 Å². The van der Waals surface area contributed by atoms with E-state index in [1.165, 1.54) is 18.2 Å². The molecule has 0 radical (unpaired) electrons. The number of esters is 1. The predicted octanol–water partition coefficient (Wildman–Crippen LogP) is 5.06. The molecule has 0 bridgehead atoms. The Morgan fingerprint density at radius 1 is 1.19 bits per heavy atom. The van der Waals surface area contributed by atoms with Crippen molar-refractivity contribution in [3.63, 3.8) is 0 Å². The van der Waals surface area contributed by atoms with Gasteiger partial charge >= 0.3 is 11.9 Å². The van der Waals surface area contributed by atoms with E-state index in [1.54, 1.807) is 59.0 Å². The molecule has 6 nitrogen and oxygen atoms in total. The van der Waals surface area contributed by atoms with Gasteiger partial charge in [-0.25, -0.2) is 14.0 Å². The molecule has 4 rings (SSSR count). The normalized spacial score (nSPS) is 20.0. The number of nitrogens with zero attached hydrogens (tertiary/aromatic N) is 3. The first-order valence-electron chi connectivity index (χ1n) is 10.2. The van der Waals surface area contributed by atoms with Crippen LogP contribution in [0.25, 0.3) is 0 Å². The van der Waals surface area contributed by atoms with Crippen molar-refractivity contribution in [1.29, 1.82) is 0 Å². The lowest BCUT2D eigenvalue weighted by atomic mass is 10.0. The molecule has 8 heteroatoms. The minimum absolute atomic E-state index is 0.161. The number of ether oxygens (including phenoxy) is 1. The molecule has 0 aromatic heterocycles. The van der Waals surface area contributed by atoms with Crippen LogP contribution in [-0.2, 0) is 9.53 Å². The lowest BCUT2D eigenvalue weighted by Gasteiger charge is -2.40. The number of hydrogen-bond acceptors (Lipinski definition) is 5. The summed E-state index contributed by atoms with van der Waals surface area (Å²) in [6.07, 6.45) is 0. The molecule has 2 aromatic carbocycles. The fourth-order valence-corrected chi connectivity index (χ4v) is 4.25. The van der Waals surface area contributed by atoms with E-state index in [4.69, 9.17) is 16.3 Å². The third-order valence-electron chi connectivity index (χ3n) is 5.66. The molecule has 2 heterocycles. The molecule has 0 spiro atoms. The number of aliphatic imine (C=N–C) groups is 1. The standard InChI is InChI=1S/C24H24ClFN3O3/c1-14-21-20(23(31)32-24(2,3)4)27-13-28(21)18-10-9-16(25)12-19(18)29(14,5)22(30)15-7-6-8-17(26)11-15/h6-12H,13H2,1-5H3/q+1.